The Bertz CT molecular complexity index is 842. The highest BCUT2D eigenvalue weighted by atomic mass is 16.5. The molecule has 1 unspecified atom stereocenters. The Balaban J connectivity index is 1.70. The van der Waals surface area contributed by atoms with E-state index in [1.165, 1.54) is 0 Å². The third-order valence-corrected chi connectivity index (χ3v) is 7.91. The molecule has 5 rings (SSSR count). The molecule has 5 nitrogen and oxygen atoms in total. The second kappa shape index (κ2) is 5.99. The van der Waals surface area contributed by atoms with Gasteiger partial charge >= 0.3 is 0 Å². The highest BCUT2D eigenvalue weighted by molar-refractivity contribution is 5.82. The Kier molecular flexibility index (Phi) is 3.92. The number of fused-ring (bicyclic) bond motifs is 6. The lowest BCUT2D eigenvalue weighted by atomic mass is 9.63. The first-order chi connectivity index (χ1) is 13.6. The van der Waals surface area contributed by atoms with Crippen LogP contribution >= 0.6 is 0 Å². The van der Waals surface area contributed by atoms with Gasteiger partial charge in [0.15, 0.2) is 0 Å². The number of carbonyl (C=O) groups excluding carboxylic acids is 2. The topological polar surface area (TPSA) is 72.8 Å². The van der Waals surface area contributed by atoms with Crippen LogP contribution in [0, 0.1) is 11.8 Å². The predicted octanol–water partition coefficient (Wildman–Crippen LogP) is 4.64. The molecule has 0 bridgehead atoms. The number of ether oxygens (including phenoxy) is 2. The molecule has 5 heteroatoms. The summed E-state index contributed by atoms with van der Waals surface area (Å²) in [6.07, 6.45) is 3.59. The zero-order valence-corrected chi connectivity index (χ0v) is 17.7. The van der Waals surface area contributed by atoms with Crippen LogP contribution in [0.25, 0.3) is 0 Å². The number of hydrogen-bond donors (Lipinski definition) is 1. The lowest BCUT2D eigenvalue weighted by Crippen LogP contribution is -2.48. The van der Waals surface area contributed by atoms with E-state index in [-0.39, 0.29) is 41.0 Å². The number of phenolic OH excluding ortho intramolecular Hbond substituents is 1. The van der Waals surface area contributed by atoms with Gasteiger partial charge < -0.3 is 14.6 Å². The molecule has 4 aliphatic rings. The molecule has 1 aromatic rings. The molecule has 1 aromatic carbocycles. The van der Waals surface area contributed by atoms with Crippen molar-refractivity contribution in [2.45, 2.75) is 89.3 Å². The minimum Gasteiger partial charge on any atom is -0.507 e. The van der Waals surface area contributed by atoms with Gasteiger partial charge in [0.05, 0.1) is 0 Å². The molecule has 0 spiro atoms. The molecule has 2 heterocycles. The summed E-state index contributed by atoms with van der Waals surface area (Å²) in [6, 6.07) is 1.90. The van der Waals surface area contributed by atoms with Gasteiger partial charge in [0.2, 0.25) is 0 Å². The van der Waals surface area contributed by atoms with Gasteiger partial charge in [-0.2, -0.15) is 0 Å². The summed E-state index contributed by atoms with van der Waals surface area (Å²) in [5, 5.41) is 11.5. The summed E-state index contributed by atoms with van der Waals surface area (Å²) in [7, 11) is 0. The fourth-order valence-electron chi connectivity index (χ4n) is 6.54. The molecule has 2 saturated carbocycles. The van der Waals surface area contributed by atoms with Crippen molar-refractivity contribution in [2.75, 3.05) is 0 Å². The number of aromatic hydroxyl groups is 1. The van der Waals surface area contributed by atoms with Crippen LogP contribution in [-0.4, -0.2) is 27.9 Å². The van der Waals surface area contributed by atoms with E-state index in [1.807, 2.05) is 6.07 Å². The highest BCUT2D eigenvalue weighted by Gasteiger charge is 2.52. The Morgan fingerprint density at radius 2 is 1.24 bits per heavy atom. The summed E-state index contributed by atoms with van der Waals surface area (Å²) in [5.41, 5.74) is 0.682. The molecule has 0 saturated heterocycles. The fraction of sp³-hybridized carbons (Fsp3) is 0.667. The van der Waals surface area contributed by atoms with E-state index >= 15 is 0 Å². The molecule has 0 aromatic heterocycles. The van der Waals surface area contributed by atoms with Crippen molar-refractivity contribution >= 4 is 11.6 Å². The van der Waals surface area contributed by atoms with E-state index in [0.29, 0.717) is 37.2 Å². The van der Waals surface area contributed by atoms with Crippen LogP contribution in [0.4, 0.5) is 0 Å². The smallest absolute Gasteiger partial charge is 0.133 e. The van der Waals surface area contributed by atoms with Crippen molar-refractivity contribution in [2.24, 2.45) is 11.8 Å². The average molecular weight is 398 g/mol. The number of ketones is 2. The van der Waals surface area contributed by atoms with Crippen LogP contribution in [0.2, 0.25) is 0 Å². The van der Waals surface area contributed by atoms with E-state index in [0.717, 1.165) is 24.0 Å². The first kappa shape index (κ1) is 19.0. The van der Waals surface area contributed by atoms with E-state index in [2.05, 4.69) is 27.7 Å². The van der Waals surface area contributed by atoms with Crippen molar-refractivity contribution < 1.29 is 24.2 Å². The van der Waals surface area contributed by atoms with Gasteiger partial charge in [0, 0.05) is 66.5 Å². The van der Waals surface area contributed by atoms with Crippen LogP contribution in [0.15, 0.2) is 6.07 Å². The monoisotopic (exact) mass is 398 g/mol. The van der Waals surface area contributed by atoms with Crippen LogP contribution in [0.3, 0.4) is 0 Å². The summed E-state index contributed by atoms with van der Waals surface area (Å²) in [5.74, 6) is 2.20. The van der Waals surface area contributed by atoms with Gasteiger partial charge in [-0.1, -0.05) is 0 Å². The molecule has 29 heavy (non-hydrogen) atoms. The Hall–Kier alpha value is -2.04. The Morgan fingerprint density at radius 3 is 1.66 bits per heavy atom. The van der Waals surface area contributed by atoms with Gasteiger partial charge in [-0.05, 0) is 40.5 Å². The second-order valence-corrected chi connectivity index (χ2v) is 10.4. The molecular formula is C24H30O5. The van der Waals surface area contributed by atoms with E-state index < -0.39 is 11.2 Å². The van der Waals surface area contributed by atoms with Crippen LogP contribution in [0.1, 0.15) is 89.2 Å². The van der Waals surface area contributed by atoms with E-state index in [9.17, 15) is 14.7 Å². The van der Waals surface area contributed by atoms with Crippen LogP contribution in [0.5, 0.6) is 17.2 Å². The number of carbonyl (C=O) groups is 2. The summed E-state index contributed by atoms with van der Waals surface area (Å²) in [6.45, 7) is 8.28. The summed E-state index contributed by atoms with van der Waals surface area (Å²) in [4.78, 5) is 24.6. The first-order valence-corrected chi connectivity index (χ1v) is 10.9. The second-order valence-electron chi connectivity index (χ2n) is 10.4. The van der Waals surface area contributed by atoms with E-state index in [1.54, 1.807) is 0 Å². The normalized spacial score (nSPS) is 34.1. The molecule has 2 aliphatic carbocycles. The molecule has 0 amide bonds. The van der Waals surface area contributed by atoms with Gasteiger partial charge in [0.1, 0.15) is 40.0 Å². The lowest BCUT2D eigenvalue weighted by Gasteiger charge is -2.50. The van der Waals surface area contributed by atoms with E-state index in [4.69, 9.17) is 9.47 Å². The highest BCUT2D eigenvalue weighted by Crippen LogP contribution is 2.61. The lowest BCUT2D eigenvalue weighted by molar-refractivity contribution is -0.124. The van der Waals surface area contributed by atoms with Crippen molar-refractivity contribution in [3.63, 3.8) is 0 Å². The third-order valence-electron chi connectivity index (χ3n) is 7.91. The maximum Gasteiger partial charge on any atom is 0.133 e. The summed E-state index contributed by atoms with van der Waals surface area (Å²) < 4.78 is 12.8. The zero-order chi connectivity index (χ0) is 20.7. The van der Waals surface area contributed by atoms with Gasteiger partial charge in [-0.25, -0.2) is 0 Å². The minimum absolute atomic E-state index is 0.0482. The Labute approximate surface area is 171 Å². The Morgan fingerprint density at radius 1 is 0.828 bits per heavy atom. The maximum atomic E-state index is 12.3. The van der Waals surface area contributed by atoms with Gasteiger partial charge in [-0.15, -0.1) is 0 Å². The SMILES string of the molecule is CC1(C)Oc2cc3c(c(O)c2C2CC(=O)CC[C@H]21)[C@@H]1CC(=O)CC[C@H]1C(C)(C)O3. The predicted molar refractivity (Wildman–Crippen MR) is 108 cm³/mol. The van der Waals surface area contributed by atoms with Crippen molar-refractivity contribution in [3.05, 3.63) is 17.2 Å². The van der Waals surface area contributed by atoms with Crippen molar-refractivity contribution in [3.8, 4) is 17.2 Å². The average Bonchev–Trinajstić information content (AvgIpc) is 2.59. The quantitative estimate of drug-likeness (QED) is 0.689. The van der Waals surface area contributed by atoms with Crippen molar-refractivity contribution in [1.29, 1.82) is 0 Å². The molecule has 0 radical (unpaired) electrons. The molecule has 1 N–H and O–H groups in total. The summed E-state index contributed by atoms with van der Waals surface area (Å²) >= 11 is 0. The molecular weight excluding hydrogens is 368 g/mol. The number of rotatable bonds is 0. The number of Topliss-reactive ketones (excluding diaryl/α,β-unsaturated/α-hetero) is 2. The van der Waals surface area contributed by atoms with Crippen LogP contribution < -0.4 is 9.47 Å². The molecule has 156 valence electrons. The first-order valence-electron chi connectivity index (χ1n) is 10.9. The largest absolute Gasteiger partial charge is 0.507 e. The molecule has 2 fully saturated rings. The fourth-order valence-corrected chi connectivity index (χ4v) is 6.54. The van der Waals surface area contributed by atoms with Crippen molar-refractivity contribution in [1.82, 2.24) is 0 Å². The molecule has 2 aliphatic heterocycles. The standard InChI is InChI=1S/C24H30O5/c1-23(2)16-7-5-12(25)9-14(16)20-18(28-23)11-19-21(22(20)27)15-10-13(26)6-8-17(15)24(3,4)29-19/h11,14-17,27H,5-10H2,1-4H3/t14-,15?,16-,17-/m1/s1. The maximum absolute atomic E-state index is 12.3. The number of phenols is 1. The minimum atomic E-state index is -0.410. The number of benzene rings is 1. The van der Waals surface area contributed by atoms with Gasteiger partial charge in [0.25, 0.3) is 0 Å². The molecule has 4 atom stereocenters. The number of hydrogen-bond acceptors (Lipinski definition) is 5. The van der Waals surface area contributed by atoms with Gasteiger partial charge in [-0.3, -0.25) is 9.59 Å². The van der Waals surface area contributed by atoms with Crippen LogP contribution in [-0.2, 0) is 9.59 Å². The third kappa shape index (κ3) is 2.72. The zero-order valence-electron chi connectivity index (χ0n) is 17.7.